The first-order chi connectivity index (χ1) is 12.2. The molecule has 0 bridgehead atoms. The summed E-state index contributed by atoms with van der Waals surface area (Å²) in [6.07, 6.45) is 6.84. The van der Waals surface area contributed by atoms with Crippen LogP contribution in [0, 0.1) is 0 Å². The van der Waals surface area contributed by atoms with E-state index < -0.39 is 0 Å². The minimum Gasteiger partial charge on any atom is -0.393 e. The molecular formula is C18H21N5O2. The van der Waals surface area contributed by atoms with E-state index >= 15 is 0 Å². The van der Waals surface area contributed by atoms with E-state index in [0.29, 0.717) is 11.7 Å². The molecule has 7 nitrogen and oxygen atoms in total. The molecule has 0 amide bonds. The predicted molar refractivity (Wildman–Crippen MR) is 94.0 cm³/mol. The van der Waals surface area contributed by atoms with Gasteiger partial charge < -0.3 is 15.5 Å². The van der Waals surface area contributed by atoms with Crippen LogP contribution in [0.1, 0.15) is 31.4 Å². The van der Waals surface area contributed by atoms with Crippen molar-refractivity contribution in [3.05, 3.63) is 42.4 Å². The summed E-state index contributed by atoms with van der Waals surface area (Å²) in [7, 11) is 0. The van der Waals surface area contributed by atoms with Gasteiger partial charge >= 0.3 is 0 Å². The van der Waals surface area contributed by atoms with Gasteiger partial charge in [-0.15, -0.1) is 5.10 Å². The zero-order chi connectivity index (χ0) is 17.2. The molecule has 1 fully saturated rings. The fraction of sp³-hybridized carbons (Fsp3) is 0.389. The van der Waals surface area contributed by atoms with E-state index in [2.05, 4.69) is 20.4 Å². The minimum absolute atomic E-state index is 0.0989. The van der Waals surface area contributed by atoms with Gasteiger partial charge in [0.15, 0.2) is 5.65 Å². The smallest absolute Gasteiger partial charge is 0.154 e. The van der Waals surface area contributed by atoms with Crippen LogP contribution in [0.4, 0.5) is 5.82 Å². The molecule has 3 aromatic heterocycles. The van der Waals surface area contributed by atoms with Gasteiger partial charge in [-0.3, -0.25) is 4.98 Å². The van der Waals surface area contributed by atoms with E-state index in [4.69, 9.17) is 0 Å². The number of aliphatic hydroxyl groups excluding tert-OH is 2. The number of anilines is 1. The molecule has 0 aliphatic heterocycles. The molecule has 0 atom stereocenters. The fourth-order valence-electron chi connectivity index (χ4n) is 3.30. The molecule has 25 heavy (non-hydrogen) atoms. The molecule has 1 aliphatic rings. The summed E-state index contributed by atoms with van der Waals surface area (Å²) in [6.45, 7) is -0.0989. The maximum Gasteiger partial charge on any atom is 0.154 e. The molecule has 4 rings (SSSR count). The Labute approximate surface area is 145 Å². The second kappa shape index (κ2) is 6.78. The molecule has 0 unspecified atom stereocenters. The molecule has 3 heterocycles. The highest BCUT2D eigenvalue weighted by Gasteiger charge is 2.19. The normalized spacial score (nSPS) is 20.7. The zero-order valence-corrected chi connectivity index (χ0v) is 13.8. The Bertz CT molecular complexity index is 871. The lowest BCUT2D eigenvalue weighted by atomic mass is 9.93. The van der Waals surface area contributed by atoms with Crippen molar-refractivity contribution in [2.24, 2.45) is 0 Å². The number of hydrogen-bond donors (Lipinski definition) is 3. The van der Waals surface area contributed by atoms with Crippen molar-refractivity contribution in [3.8, 4) is 11.3 Å². The quantitative estimate of drug-likeness (QED) is 0.673. The lowest BCUT2D eigenvalue weighted by Crippen LogP contribution is -2.28. The van der Waals surface area contributed by atoms with Gasteiger partial charge in [-0.1, -0.05) is 0 Å². The average Bonchev–Trinajstić information content (AvgIpc) is 3.07. The Balaban J connectivity index is 1.63. The maximum atomic E-state index is 9.63. The highest BCUT2D eigenvalue weighted by Crippen LogP contribution is 2.24. The number of fused-ring (bicyclic) bond motifs is 1. The lowest BCUT2D eigenvalue weighted by molar-refractivity contribution is 0.126. The third-order valence-corrected chi connectivity index (χ3v) is 4.69. The number of pyridine rings is 1. The van der Waals surface area contributed by atoms with Crippen LogP contribution in [0.2, 0.25) is 0 Å². The minimum atomic E-state index is -0.166. The second-order valence-corrected chi connectivity index (χ2v) is 6.48. The third-order valence-electron chi connectivity index (χ3n) is 4.69. The van der Waals surface area contributed by atoms with Crippen LogP contribution in [0.25, 0.3) is 16.9 Å². The third kappa shape index (κ3) is 3.33. The second-order valence-electron chi connectivity index (χ2n) is 6.48. The first-order valence-corrected chi connectivity index (χ1v) is 8.58. The Hall–Kier alpha value is -2.51. The standard InChI is InChI=1S/C18H21N5O2/c24-11-14-9-12(7-8-19-14)16-10-20-18-6-5-17(22-23(16)18)21-13-1-3-15(25)4-2-13/h5-10,13,15,24-25H,1-4,11H2,(H,21,22)/t13-,15-. The number of imidazole rings is 1. The average molecular weight is 339 g/mol. The van der Waals surface area contributed by atoms with Crippen molar-refractivity contribution in [2.45, 2.75) is 44.4 Å². The largest absolute Gasteiger partial charge is 0.393 e. The summed E-state index contributed by atoms with van der Waals surface area (Å²) < 4.78 is 1.80. The topological polar surface area (TPSA) is 95.6 Å². The van der Waals surface area contributed by atoms with Crippen molar-refractivity contribution in [1.82, 2.24) is 19.6 Å². The van der Waals surface area contributed by atoms with E-state index in [9.17, 15) is 10.2 Å². The Morgan fingerprint density at radius 3 is 2.76 bits per heavy atom. The number of rotatable bonds is 4. The number of nitrogens with zero attached hydrogens (tertiary/aromatic N) is 4. The molecule has 1 aliphatic carbocycles. The van der Waals surface area contributed by atoms with Gasteiger partial charge in [-0.2, -0.15) is 0 Å². The zero-order valence-electron chi connectivity index (χ0n) is 13.8. The molecule has 0 aromatic carbocycles. The van der Waals surface area contributed by atoms with Crippen LogP contribution >= 0.6 is 0 Å². The van der Waals surface area contributed by atoms with E-state index in [-0.39, 0.29) is 12.7 Å². The summed E-state index contributed by atoms with van der Waals surface area (Å²) in [5.41, 5.74) is 3.15. The van der Waals surface area contributed by atoms with Crippen LogP contribution in [-0.4, -0.2) is 41.9 Å². The molecule has 0 radical (unpaired) electrons. The summed E-state index contributed by atoms with van der Waals surface area (Å²) in [6, 6.07) is 7.93. The van der Waals surface area contributed by atoms with E-state index in [1.165, 1.54) is 0 Å². The number of aliphatic hydroxyl groups is 2. The fourth-order valence-corrected chi connectivity index (χ4v) is 3.30. The van der Waals surface area contributed by atoms with Crippen molar-refractivity contribution < 1.29 is 10.2 Å². The Morgan fingerprint density at radius 1 is 1.12 bits per heavy atom. The monoisotopic (exact) mass is 339 g/mol. The molecule has 3 aromatic rings. The number of aromatic nitrogens is 4. The lowest BCUT2D eigenvalue weighted by Gasteiger charge is -2.26. The summed E-state index contributed by atoms with van der Waals surface area (Å²) in [4.78, 5) is 8.52. The number of hydrogen-bond acceptors (Lipinski definition) is 6. The van der Waals surface area contributed by atoms with Crippen molar-refractivity contribution in [2.75, 3.05) is 5.32 Å². The molecule has 130 valence electrons. The molecule has 3 N–H and O–H groups in total. The van der Waals surface area contributed by atoms with Gasteiger partial charge in [0.2, 0.25) is 0 Å². The Morgan fingerprint density at radius 2 is 1.96 bits per heavy atom. The molecular weight excluding hydrogens is 318 g/mol. The van der Waals surface area contributed by atoms with Crippen LogP contribution in [0.3, 0.4) is 0 Å². The van der Waals surface area contributed by atoms with Crippen LogP contribution in [0.15, 0.2) is 36.7 Å². The van der Waals surface area contributed by atoms with Crippen molar-refractivity contribution in [1.29, 1.82) is 0 Å². The molecule has 0 spiro atoms. The van der Waals surface area contributed by atoms with Crippen molar-refractivity contribution >= 4 is 11.5 Å². The SMILES string of the molecule is OCc1cc(-c2cnc3ccc(N[C@H]4CC[C@H](O)CC4)nn23)ccn1. The van der Waals surface area contributed by atoms with Gasteiger partial charge in [-0.05, 0) is 49.9 Å². The first kappa shape index (κ1) is 16.0. The number of nitrogens with one attached hydrogen (secondary N) is 1. The van der Waals surface area contributed by atoms with Gasteiger partial charge in [0.1, 0.15) is 5.82 Å². The molecule has 1 saturated carbocycles. The van der Waals surface area contributed by atoms with E-state index in [1.807, 2.05) is 24.3 Å². The first-order valence-electron chi connectivity index (χ1n) is 8.58. The van der Waals surface area contributed by atoms with Crippen LogP contribution < -0.4 is 5.32 Å². The van der Waals surface area contributed by atoms with Crippen LogP contribution in [0.5, 0.6) is 0 Å². The van der Waals surface area contributed by atoms with E-state index in [0.717, 1.165) is 48.4 Å². The van der Waals surface area contributed by atoms with Crippen LogP contribution in [-0.2, 0) is 6.61 Å². The predicted octanol–water partition coefficient (Wildman–Crippen LogP) is 2.00. The van der Waals surface area contributed by atoms with Gasteiger partial charge in [0, 0.05) is 17.8 Å². The van der Waals surface area contributed by atoms with Gasteiger partial charge in [-0.25, -0.2) is 9.50 Å². The van der Waals surface area contributed by atoms with Gasteiger partial charge in [0.05, 0.1) is 30.3 Å². The summed E-state index contributed by atoms with van der Waals surface area (Å²) in [5, 5.41) is 27.1. The Kier molecular flexibility index (Phi) is 4.33. The highest BCUT2D eigenvalue weighted by atomic mass is 16.3. The molecule has 0 saturated heterocycles. The van der Waals surface area contributed by atoms with Gasteiger partial charge in [0.25, 0.3) is 0 Å². The molecule has 7 heteroatoms. The van der Waals surface area contributed by atoms with Crippen molar-refractivity contribution in [3.63, 3.8) is 0 Å². The maximum absolute atomic E-state index is 9.63. The summed E-state index contributed by atoms with van der Waals surface area (Å²) >= 11 is 0. The van der Waals surface area contributed by atoms with E-state index in [1.54, 1.807) is 16.9 Å². The summed E-state index contributed by atoms with van der Waals surface area (Å²) in [5.74, 6) is 0.796. The highest BCUT2D eigenvalue weighted by molar-refractivity contribution is 5.63.